The number of nitrogens with one attached hydrogen (secondary N) is 1. The molecule has 0 aliphatic heterocycles. The van der Waals surface area contributed by atoms with Crippen molar-refractivity contribution in [1.82, 2.24) is 5.32 Å². The van der Waals surface area contributed by atoms with Gasteiger partial charge < -0.3 is 14.5 Å². The molecule has 0 spiro atoms. The third-order valence-corrected chi connectivity index (χ3v) is 3.75. The van der Waals surface area contributed by atoms with Crippen molar-refractivity contribution in [2.45, 2.75) is 40.2 Å². The van der Waals surface area contributed by atoms with Crippen LogP contribution in [0.3, 0.4) is 0 Å². The largest absolute Gasteiger partial charge is 0.459 e. The van der Waals surface area contributed by atoms with Crippen LogP contribution in [0.25, 0.3) is 11.0 Å². The van der Waals surface area contributed by atoms with Crippen LogP contribution >= 0.6 is 0 Å². The Bertz CT molecular complexity index is 580. The van der Waals surface area contributed by atoms with Crippen LogP contribution in [-0.4, -0.2) is 20.3 Å². The number of methoxy groups -OCH3 is 1. The highest BCUT2D eigenvalue weighted by Gasteiger charge is 2.28. The summed E-state index contributed by atoms with van der Waals surface area (Å²) in [4.78, 5) is 0. The van der Waals surface area contributed by atoms with Gasteiger partial charge in [-0.3, -0.25) is 0 Å². The molecule has 116 valence electrons. The Morgan fingerprint density at radius 1 is 1.24 bits per heavy atom. The van der Waals surface area contributed by atoms with E-state index in [1.807, 2.05) is 0 Å². The third kappa shape index (κ3) is 3.86. The number of ether oxygens (including phenoxy) is 1. The first-order valence-corrected chi connectivity index (χ1v) is 7.70. The molecule has 0 fully saturated rings. The van der Waals surface area contributed by atoms with E-state index < -0.39 is 0 Å². The van der Waals surface area contributed by atoms with Crippen LogP contribution in [-0.2, 0) is 11.2 Å². The van der Waals surface area contributed by atoms with Crippen LogP contribution in [0.4, 0.5) is 0 Å². The summed E-state index contributed by atoms with van der Waals surface area (Å²) in [6, 6.07) is 8.78. The molecule has 0 amide bonds. The summed E-state index contributed by atoms with van der Waals surface area (Å²) in [5.41, 5.74) is 2.36. The fraction of sp³-hybridized carbons (Fsp3) is 0.556. The molecule has 1 aromatic heterocycles. The molecule has 1 heterocycles. The van der Waals surface area contributed by atoms with Crippen molar-refractivity contribution in [1.29, 1.82) is 0 Å². The molecule has 21 heavy (non-hydrogen) atoms. The number of fused-ring (bicyclic) bond motifs is 1. The first-order valence-electron chi connectivity index (χ1n) is 7.70. The van der Waals surface area contributed by atoms with Crippen molar-refractivity contribution in [2.75, 3.05) is 20.3 Å². The lowest BCUT2D eigenvalue weighted by Crippen LogP contribution is -2.31. The first-order chi connectivity index (χ1) is 9.95. The molecule has 1 aromatic carbocycles. The molecule has 1 atom stereocenters. The Kier molecular flexibility index (Phi) is 5.07. The molecule has 3 nitrogen and oxygen atoms in total. The predicted molar refractivity (Wildman–Crippen MR) is 87.7 cm³/mol. The van der Waals surface area contributed by atoms with Gasteiger partial charge in [0.05, 0.1) is 12.6 Å². The monoisotopic (exact) mass is 289 g/mol. The summed E-state index contributed by atoms with van der Waals surface area (Å²) in [6.07, 6.45) is 0.933. The number of hydrogen-bond donors (Lipinski definition) is 1. The summed E-state index contributed by atoms with van der Waals surface area (Å²) in [5.74, 6) is 1.02. The van der Waals surface area contributed by atoms with Crippen LogP contribution in [0.2, 0.25) is 0 Å². The van der Waals surface area contributed by atoms with Gasteiger partial charge in [0.15, 0.2) is 0 Å². The van der Waals surface area contributed by atoms with Crippen molar-refractivity contribution >= 4 is 11.0 Å². The molecule has 1 N–H and O–H groups in total. The molecule has 2 aromatic rings. The highest BCUT2D eigenvalue weighted by atomic mass is 16.5. The molecule has 0 saturated carbocycles. The maximum atomic E-state index is 6.07. The summed E-state index contributed by atoms with van der Waals surface area (Å²) in [5, 5.41) is 4.71. The van der Waals surface area contributed by atoms with Crippen molar-refractivity contribution in [3.63, 3.8) is 0 Å². The van der Waals surface area contributed by atoms with E-state index in [0.29, 0.717) is 0 Å². The lowest BCUT2D eigenvalue weighted by atomic mass is 9.85. The van der Waals surface area contributed by atoms with Gasteiger partial charge in [-0.1, -0.05) is 33.8 Å². The quantitative estimate of drug-likeness (QED) is 0.860. The van der Waals surface area contributed by atoms with Crippen molar-refractivity contribution in [3.8, 4) is 0 Å². The van der Waals surface area contributed by atoms with Gasteiger partial charge in [-0.05, 0) is 42.1 Å². The highest BCUT2D eigenvalue weighted by molar-refractivity contribution is 5.78. The fourth-order valence-corrected chi connectivity index (χ4v) is 2.67. The number of rotatable bonds is 6. The van der Waals surface area contributed by atoms with Crippen molar-refractivity contribution in [2.24, 2.45) is 5.41 Å². The van der Waals surface area contributed by atoms with Gasteiger partial charge in [-0.15, -0.1) is 0 Å². The second-order valence-corrected chi connectivity index (χ2v) is 6.62. The summed E-state index contributed by atoms with van der Waals surface area (Å²) in [6.45, 7) is 10.5. The summed E-state index contributed by atoms with van der Waals surface area (Å²) >= 11 is 0. The topological polar surface area (TPSA) is 34.4 Å². The van der Waals surface area contributed by atoms with Crippen molar-refractivity contribution < 1.29 is 9.15 Å². The summed E-state index contributed by atoms with van der Waals surface area (Å²) < 4.78 is 11.2. The SMILES string of the molecule is CCNC(c1cc2cc(CCOC)ccc2o1)C(C)(C)C. The minimum atomic E-state index is 0.114. The van der Waals surface area contributed by atoms with Gasteiger partial charge in [0.1, 0.15) is 11.3 Å². The molecule has 0 bridgehead atoms. The van der Waals surface area contributed by atoms with E-state index in [4.69, 9.17) is 9.15 Å². The Balaban J connectivity index is 2.32. The van der Waals surface area contributed by atoms with Crippen LogP contribution in [0.5, 0.6) is 0 Å². The second kappa shape index (κ2) is 6.63. The Labute approximate surface area is 127 Å². The standard InChI is InChI=1S/C18H27NO2/c1-6-19-17(18(2,3)4)16-12-14-11-13(9-10-20-5)7-8-15(14)21-16/h7-8,11-12,17,19H,6,9-10H2,1-5H3. The molecule has 0 aliphatic carbocycles. The molecule has 2 rings (SSSR count). The molecule has 0 saturated heterocycles. The number of benzene rings is 1. The van der Waals surface area contributed by atoms with Gasteiger partial charge in [-0.25, -0.2) is 0 Å². The van der Waals surface area contributed by atoms with Gasteiger partial charge >= 0.3 is 0 Å². The Hall–Kier alpha value is -1.32. The fourth-order valence-electron chi connectivity index (χ4n) is 2.67. The zero-order valence-electron chi connectivity index (χ0n) is 13.8. The highest BCUT2D eigenvalue weighted by Crippen LogP contribution is 2.35. The number of hydrogen-bond acceptors (Lipinski definition) is 3. The molecular formula is C18H27NO2. The molecular weight excluding hydrogens is 262 g/mol. The molecule has 1 unspecified atom stereocenters. The van der Waals surface area contributed by atoms with Crippen LogP contribution < -0.4 is 5.32 Å². The lowest BCUT2D eigenvalue weighted by molar-refractivity contribution is 0.202. The smallest absolute Gasteiger partial charge is 0.134 e. The normalized spacial score (nSPS) is 13.8. The maximum absolute atomic E-state index is 6.07. The second-order valence-electron chi connectivity index (χ2n) is 6.62. The van der Waals surface area contributed by atoms with E-state index in [9.17, 15) is 0 Å². The third-order valence-electron chi connectivity index (χ3n) is 3.75. The minimum absolute atomic E-state index is 0.114. The van der Waals surface area contributed by atoms with Crippen molar-refractivity contribution in [3.05, 3.63) is 35.6 Å². The molecule has 0 aliphatic rings. The zero-order valence-corrected chi connectivity index (χ0v) is 13.8. The van der Waals surface area contributed by atoms with Crippen LogP contribution in [0.1, 0.15) is 45.1 Å². The number of furan rings is 1. The van der Waals surface area contributed by atoms with Gasteiger partial charge in [-0.2, -0.15) is 0 Å². The van der Waals surface area contributed by atoms with E-state index in [2.05, 4.69) is 57.3 Å². The van der Waals surface area contributed by atoms with Crippen LogP contribution in [0, 0.1) is 5.41 Å². The molecule has 0 radical (unpaired) electrons. The minimum Gasteiger partial charge on any atom is -0.459 e. The Morgan fingerprint density at radius 2 is 2.00 bits per heavy atom. The van der Waals surface area contributed by atoms with Crippen LogP contribution in [0.15, 0.2) is 28.7 Å². The average Bonchev–Trinajstić information content (AvgIpc) is 2.83. The van der Waals surface area contributed by atoms with E-state index in [1.54, 1.807) is 7.11 Å². The lowest BCUT2D eigenvalue weighted by Gasteiger charge is -2.29. The van der Waals surface area contributed by atoms with E-state index >= 15 is 0 Å². The molecule has 3 heteroatoms. The first kappa shape index (κ1) is 16.1. The predicted octanol–water partition coefficient (Wildman–Crippen LogP) is 4.32. The average molecular weight is 289 g/mol. The van der Waals surface area contributed by atoms with E-state index in [1.165, 1.54) is 10.9 Å². The summed E-state index contributed by atoms with van der Waals surface area (Å²) in [7, 11) is 1.73. The van der Waals surface area contributed by atoms with E-state index in [-0.39, 0.29) is 11.5 Å². The van der Waals surface area contributed by atoms with E-state index in [0.717, 1.165) is 30.9 Å². The van der Waals surface area contributed by atoms with Gasteiger partial charge in [0, 0.05) is 12.5 Å². The Morgan fingerprint density at radius 3 is 2.62 bits per heavy atom. The zero-order chi connectivity index (χ0) is 15.5. The maximum Gasteiger partial charge on any atom is 0.134 e. The van der Waals surface area contributed by atoms with Gasteiger partial charge in [0.25, 0.3) is 0 Å². The van der Waals surface area contributed by atoms with Gasteiger partial charge in [0.2, 0.25) is 0 Å².